The van der Waals surface area contributed by atoms with Crippen molar-refractivity contribution in [2.75, 3.05) is 13.2 Å². The van der Waals surface area contributed by atoms with Crippen LogP contribution in [0.25, 0.3) is 0 Å². The van der Waals surface area contributed by atoms with Crippen molar-refractivity contribution >= 4 is 17.7 Å². The number of Topliss-reactive ketones (excluding diaryl/α,β-unsaturated/α-hetero) is 1. The monoisotopic (exact) mass is 312 g/mol. The molecule has 0 atom stereocenters. The van der Waals surface area contributed by atoms with Gasteiger partial charge in [0, 0.05) is 37.1 Å². The number of nitrogens with zero attached hydrogens (tertiary/aromatic N) is 1. The van der Waals surface area contributed by atoms with Crippen molar-refractivity contribution in [1.29, 1.82) is 0 Å². The summed E-state index contributed by atoms with van der Waals surface area (Å²) in [4.78, 5) is 36.6. The van der Waals surface area contributed by atoms with E-state index in [1.54, 1.807) is 13.3 Å². The highest BCUT2D eigenvalue weighted by atomic mass is 16.5. The minimum atomic E-state index is -1.26. The maximum Gasteiger partial charge on any atom is 0.328 e. The van der Waals surface area contributed by atoms with Gasteiger partial charge in [-0.2, -0.15) is 0 Å². The number of aromatic amines is 1. The molecule has 0 aliphatic carbocycles. The first-order valence-corrected chi connectivity index (χ1v) is 6.60. The summed E-state index contributed by atoms with van der Waals surface area (Å²) in [5.74, 6) is -2.33. The van der Waals surface area contributed by atoms with Gasteiger partial charge in [-0.25, -0.2) is 14.6 Å². The summed E-state index contributed by atoms with van der Waals surface area (Å²) >= 11 is 0. The van der Waals surface area contributed by atoms with Crippen LogP contribution in [0, 0.1) is 0 Å². The molecule has 0 amide bonds. The zero-order valence-electron chi connectivity index (χ0n) is 12.3. The van der Waals surface area contributed by atoms with Crippen LogP contribution in [0.2, 0.25) is 0 Å². The molecular weight excluding hydrogens is 292 g/mol. The molecule has 0 unspecified atom stereocenters. The predicted molar refractivity (Wildman–Crippen MR) is 77.4 cm³/mol. The third kappa shape index (κ3) is 13.9. The number of carboxylic acids is 2. The number of ether oxygens (including phenoxy) is 1. The number of carboxylic acid groups (broad SMARTS) is 2. The highest BCUT2D eigenvalue weighted by molar-refractivity contribution is 5.89. The summed E-state index contributed by atoms with van der Waals surface area (Å²) in [7, 11) is 0. The fourth-order valence-electron chi connectivity index (χ4n) is 1.25. The average molecular weight is 312 g/mol. The number of aromatic nitrogens is 2. The largest absolute Gasteiger partial charge is 0.478 e. The lowest BCUT2D eigenvalue weighted by Gasteiger charge is -2.01. The van der Waals surface area contributed by atoms with Crippen LogP contribution in [0.4, 0.5) is 0 Å². The molecule has 0 saturated carbocycles. The summed E-state index contributed by atoms with van der Waals surface area (Å²) < 4.78 is 5.29. The van der Waals surface area contributed by atoms with E-state index in [4.69, 9.17) is 14.9 Å². The maximum atomic E-state index is 10.6. The number of carbonyl (C=O) groups excluding carboxylic acids is 1. The molecule has 1 aromatic heterocycles. The topological polar surface area (TPSA) is 130 Å². The van der Waals surface area contributed by atoms with Crippen molar-refractivity contribution in [1.82, 2.24) is 9.97 Å². The zero-order chi connectivity index (χ0) is 16.8. The van der Waals surface area contributed by atoms with Crippen LogP contribution in [0.1, 0.15) is 25.5 Å². The summed E-state index contributed by atoms with van der Waals surface area (Å²) in [6.45, 7) is 2.82. The minimum absolute atomic E-state index is 0.179. The Balaban J connectivity index is 0.000000472. The lowest BCUT2D eigenvalue weighted by molar-refractivity contribution is -0.134. The average Bonchev–Trinajstić information content (AvgIpc) is 2.94. The Labute approximate surface area is 127 Å². The maximum absolute atomic E-state index is 10.6. The van der Waals surface area contributed by atoms with E-state index >= 15 is 0 Å². The summed E-state index contributed by atoms with van der Waals surface area (Å²) in [6.07, 6.45) is 7.02. The lowest BCUT2D eigenvalue weighted by atomic mass is 10.2. The number of rotatable bonds is 9. The molecule has 1 aromatic rings. The van der Waals surface area contributed by atoms with E-state index in [1.165, 1.54) is 0 Å². The lowest BCUT2D eigenvalue weighted by Crippen LogP contribution is -2.02. The summed E-state index contributed by atoms with van der Waals surface area (Å²) in [6, 6.07) is 0. The smallest absolute Gasteiger partial charge is 0.328 e. The number of ketones is 1. The molecule has 3 N–H and O–H groups in total. The van der Waals surface area contributed by atoms with Crippen molar-refractivity contribution < 1.29 is 29.3 Å². The Morgan fingerprint density at radius 1 is 1.23 bits per heavy atom. The second kappa shape index (κ2) is 12.3. The van der Waals surface area contributed by atoms with Crippen molar-refractivity contribution in [2.24, 2.45) is 0 Å². The first-order chi connectivity index (χ1) is 10.4. The number of aliphatic carboxylic acids is 2. The molecule has 0 spiro atoms. The van der Waals surface area contributed by atoms with Crippen LogP contribution in [-0.4, -0.2) is 51.1 Å². The first-order valence-electron chi connectivity index (χ1n) is 6.60. The van der Waals surface area contributed by atoms with Gasteiger partial charge >= 0.3 is 11.9 Å². The molecule has 0 aliphatic rings. The Hall–Kier alpha value is -2.48. The van der Waals surface area contributed by atoms with Crippen LogP contribution in [-0.2, 0) is 25.5 Å². The third-order valence-corrected chi connectivity index (χ3v) is 2.26. The standard InChI is InChI=1S/C10H16N2O2.C4H4O4/c1-9(13)4-6-14-5-2-3-10-7-11-8-12-10;5-3(6)1-2-4(7)8/h7-8H,2-6H2,1H3,(H,11,12);1-2H,(H,5,6)(H,7,8)/b;2-1-. The Morgan fingerprint density at radius 3 is 2.32 bits per heavy atom. The number of imidazole rings is 1. The molecular formula is C14H20N2O6. The van der Waals surface area contributed by atoms with Gasteiger partial charge in [-0.3, -0.25) is 4.79 Å². The third-order valence-electron chi connectivity index (χ3n) is 2.26. The molecule has 1 heterocycles. The molecule has 0 bridgehead atoms. The molecule has 1 rings (SSSR count). The first kappa shape index (κ1) is 19.5. The number of H-pyrrole nitrogens is 1. The van der Waals surface area contributed by atoms with Crippen LogP contribution in [0.15, 0.2) is 24.7 Å². The molecule has 22 heavy (non-hydrogen) atoms. The number of nitrogens with one attached hydrogen (secondary N) is 1. The number of aryl methyl sites for hydroxylation is 1. The fourth-order valence-corrected chi connectivity index (χ4v) is 1.25. The van der Waals surface area contributed by atoms with Gasteiger partial charge in [0.1, 0.15) is 5.78 Å². The van der Waals surface area contributed by atoms with Crippen LogP contribution >= 0.6 is 0 Å². The number of hydrogen-bond acceptors (Lipinski definition) is 5. The summed E-state index contributed by atoms with van der Waals surface area (Å²) in [5, 5.41) is 15.6. The van der Waals surface area contributed by atoms with Gasteiger partial charge in [-0.1, -0.05) is 0 Å². The van der Waals surface area contributed by atoms with Gasteiger partial charge < -0.3 is 19.9 Å². The molecule has 122 valence electrons. The van der Waals surface area contributed by atoms with E-state index in [1.807, 2.05) is 6.20 Å². The van der Waals surface area contributed by atoms with Crippen molar-refractivity contribution in [3.05, 3.63) is 30.4 Å². The summed E-state index contributed by atoms with van der Waals surface area (Å²) in [5.41, 5.74) is 1.13. The SMILES string of the molecule is CC(=O)CCOCCCc1cnc[nH]1.O=C(O)/C=C\C(=O)O. The molecule has 0 radical (unpaired) electrons. The zero-order valence-corrected chi connectivity index (χ0v) is 12.3. The molecule has 8 nitrogen and oxygen atoms in total. The van der Waals surface area contributed by atoms with Gasteiger partial charge in [0.05, 0.1) is 12.9 Å². The van der Waals surface area contributed by atoms with Crippen LogP contribution < -0.4 is 0 Å². The normalized spacial score (nSPS) is 10.0. The van der Waals surface area contributed by atoms with Crippen LogP contribution in [0.3, 0.4) is 0 Å². The van der Waals surface area contributed by atoms with E-state index in [0.29, 0.717) is 31.8 Å². The predicted octanol–water partition coefficient (Wildman–Crippen LogP) is 1.05. The Bertz CT molecular complexity index is 466. The highest BCUT2D eigenvalue weighted by Gasteiger charge is 1.95. The molecule has 0 aromatic carbocycles. The van der Waals surface area contributed by atoms with E-state index in [9.17, 15) is 14.4 Å². The Kier molecular flexibility index (Phi) is 10.9. The van der Waals surface area contributed by atoms with Crippen molar-refractivity contribution in [2.45, 2.75) is 26.2 Å². The molecule has 8 heteroatoms. The fraction of sp³-hybridized carbons (Fsp3) is 0.429. The van der Waals surface area contributed by atoms with E-state index < -0.39 is 11.9 Å². The Morgan fingerprint density at radius 2 is 1.86 bits per heavy atom. The van der Waals surface area contributed by atoms with E-state index in [-0.39, 0.29) is 5.78 Å². The molecule has 0 saturated heterocycles. The second-order valence-electron chi connectivity index (χ2n) is 4.25. The highest BCUT2D eigenvalue weighted by Crippen LogP contribution is 1.97. The molecule has 0 aliphatic heterocycles. The van der Waals surface area contributed by atoms with Crippen molar-refractivity contribution in [3.8, 4) is 0 Å². The van der Waals surface area contributed by atoms with Gasteiger partial charge in [0.15, 0.2) is 0 Å². The quantitative estimate of drug-likeness (QED) is 0.459. The van der Waals surface area contributed by atoms with E-state index in [0.717, 1.165) is 18.5 Å². The number of carbonyl (C=O) groups is 3. The second-order valence-corrected chi connectivity index (χ2v) is 4.25. The van der Waals surface area contributed by atoms with Crippen molar-refractivity contribution in [3.63, 3.8) is 0 Å². The number of hydrogen-bond donors (Lipinski definition) is 3. The minimum Gasteiger partial charge on any atom is -0.478 e. The van der Waals surface area contributed by atoms with Gasteiger partial charge in [0.2, 0.25) is 0 Å². The van der Waals surface area contributed by atoms with Gasteiger partial charge in [0.25, 0.3) is 0 Å². The van der Waals surface area contributed by atoms with Gasteiger partial charge in [-0.05, 0) is 19.8 Å². The molecule has 0 fully saturated rings. The van der Waals surface area contributed by atoms with Crippen LogP contribution in [0.5, 0.6) is 0 Å². The van der Waals surface area contributed by atoms with E-state index in [2.05, 4.69) is 9.97 Å². The van der Waals surface area contributed by atoms with Gasteiger partial charge in [-0.15, -0.1) is 0 Å².